The second-order valence-electron chi connectivity index (χ2n) is 16.8. The fourth-order valence-corrected chi connectivity index (χ4v) is 42.4. The number of methoxy groups -OCH3 is 2. The van der Waals surface area contributed by atoms with Crippen molar-refractivity contribution in [3.8, 4) is 33.8 Å². The molecule has 8 rings (SSSR count). The second-order valence-corrected chi connectivity index (χ2v) is 60.2. The Morgan fingerprint density at radius 1 is 0.550 bits per heavy atom. The summed E-state index contributed by atoms with van der Waals surface area (Å²) in [6, 6.07) is 44.1. The van der Waals surface area contributed by atoms with E-state index in [1.165, 1.54) is 77.9 Å². The molecule has 0 aromatic heterocycles. The molecule has 2 aliphatic carbocycles. The molecule has 2 aliphatic rings. The standard InChI is InChI=1S/2C25H23OS.C2H7Si.2ClH.Zr/c2*1-3-17-14-21-5-4-6-22(23(21)15-17)20-10-7-18(8-11-20)13-19-9-12-24(26-2)25(27)16-19;1-3-2;;;/h2*4-12,14-16,27H,3,13H2,1-2H3;3H,1-2H3;2*1H;/q;;;;;+2/p-2. The van der Waals surface area contributed by atoms with Crippen LogP contribution in [0.5, 0.6) is 11.5 Å². The molecule has 6 aromatic rings. The van der Waals surface area contributed by atoms with Gasteiger partial charge in [-0.05, 0) is 0 Å². The molecule has 2 atom stereocenters. The van der Waals surface area contributed by atoms with Gasteiger partial charge in [-0.2, -0.15) is 0 Å². The summed E-state index contributed by atoms with van der Waals surface area (Å²) in [5.74, 6) is -0.113. The van der Waals surface area contributed by atoms with Crippen molar-refractivity contribution in [2.45, 2.75) is 69.7 Å². The van der Waals surface area contributed by atoms with Crippen LogP contribution < -0.4 is 9.47 Å². The molecule has 0 spiro atoms. The molecule has 6 aromatic carbocycles. The van der Waals surface area contributed by atoms with E-state index >= 15 is 0 Å². The van der Waals surface area contributed by atoms with Crippen molar-refractivity contribution in [2.75, 3.05) is 14.2 Å². The van der Waals surface area contributed by atoms with Gasteiger partial charge in [-0.15, -0.1) is 25.3 Å². The van der Waals surface area contributed by atoms with Gasteiger partial charge in [-0.1, -0.05) is 0 Å². The first-order valence-corrected chi connectivity index (χ1v) is 38.2. The van der Waals surface area contributed by atoms with Crippen molar-refractivity contribution >= 4 is 60.4 Å². The molecule has 0 fully saturated rings. The summed E-state index contributed by atoms with van der Waals surface area (Å²) in [5.41, 5.74) is 17.8. The van der Waals surface area contributed by atoms with Crippen molar-refractivity contribution in [1.29, 1.82) is 0 Å². The number of ether oxygens (including phenoxy) is 2. The molecule has 0 N–H and O–H groups in total. The van der Waals surface area contributed by atoms with Crippen molar-refractivity contribution in [1.82, 2.24) is 0 Å². The molecular formula is C52H53Cl2O2S2SiZr. The zero-order valence-electron chi connectivity index (χ0n) is 35.2. The van der Waals surface area contributed by atoms with Crippen molar-refractivity contribution in [3.63, 3.8) is 0 Å². The van der Waals surface area contributed by atoms with Gasteiger partial charge >= 0.3 is 320 Å². The molecule has 8 heteroatoms. The molecule has 0 heterocycles. The van der Waals surface area contributed by atoms with E-state index in [-0.39, 0.29) is 7.25 Å². The number of allylic oxidation sites excluding steroid dienone is 2. The first-order valence-electron chi connectivity index (χ1n) is 21.0. The average molecular weight is 964 g/mol. The molecule has 60 heavy (non-hydrogen) atoms. The number of rotatable bonds is 13. The summed E-state index contributed by atoms with van der Waals surface area (Å²) < 4.78 is 10.9. The summed E-state index contributed by atoms with van der Waals surface area (Å²) >= 11 is 4.34. The molecule has 0 radical (unpaired) electrons. The Morgan fingerprint density at radius 2 is 0.933 bits per heavy atom. The molecule has 0 saturated heterocycles. The number of thiol groups is 2. The number of halogens is 2. The van der Waals surface area contributed by atoms with Crippen LogP contribution in [-0.2, 0) is 28.4 Å². The Bertz CT molecular complexity index is 2480. The summed E-state index contributed by atoms with van der Waals surface area (Å²) in [6.07, 6.45) is 8.40. The summed E-state index contributed by atoms with van der Waals surface area (Å²) in [4.78, 5) is 1.70. The zero-order valence-corrected chi connectivity index (χ0v) is 42.1. The maximum absolute atomic E-state index is 8.73. The molecule has 2 nitrogen and oxygen atoms in total. The third-order valence-corrected chi connectivity index (χ3v) is 65.7. The van der Waals surface area contributed by atoms with Crippen molar-refractivity contribution in [3.05, 3.63) is 177 Å². The number of fused-ring (bicyclic) bond motifs is 2. The van der Waals surface area contributed by atoms with Crippen LogP contribution in [0.25, 0.3) is 34.4 Å². The van der Waals surface area contributed by atoms with Gasteiger partial charge in [0.2, 0.25) is 0 Å². The van der Waals surface area contributed by atoms with Gasteiger partial charge in [0.1, 0.15) is 11.5 Å². The number of benzene rings is 6. The molecule has 0 amide bonds. The van der Waals surface area contributed by atoms with Crippen LogP contribution >= 0.6 is 42.3 Å². The van der Waals surface area contributed by atoms with Crippen molar-refractivity contribution < 1.29 is 25.0 Å². The molecule has 0 aliphatic heterocycles. The van der Waals surface area contributed by atoms with Gasteiger partial charge in [0.25, 0.3) is 0 Å². The van der Waals surface area contributed by atoms with Crippen LogP contribution in [0.15, 0.2) is 142 Å². The van der Waals surface area contributed by atoms with Gasteiger partial charge in [0.05, 0.1) is 14.2 Å². The van der Waals surface area contributed by atoms with E-state index < -0.39 is 21.5 Å². The van der Waals surface area contributed by atoms with E-state index in [1.807, 2.05) is 12.1 Å². The molecular weight excluding hydrogens is 911 g/mol. The third-order valence-electron chi connectivity index (χ3n) is 13.2. The predicted octanol–water partition coefficient (Wildman–Crippen LogP) is 15.2. The Labute approximate surface area is 376 Å². The van der Waals surface area contributed by atoms with E-state index in [2.05, 4.69) is 174 Å². The maximum atomic E-state index is 8.73. The van der Waals surface area contributed by atoms with Crippen LogP contribution in [0, 0.1) is 0 Å². The Morgan fingerprint density at radius 3 is 1.27 bits per heavy atom. The quantitative estimate of drug-likeness (QED) is 0.0888. The van der Waals surface area contributed by atoms with Gasteiger partial charge in [-0.3, -0.25) is 0 Å². The summed E-state index contributed by atoms with van der Waals surface area (Å²) in [5, 5.41) is 0. The monoisotopic (exact) mass is 961 g/mol. The topological polar surface area (TPSA) is 18.5 Å². The molecule has 2 unspecified atom stereocenters. The van der Waals surface area contributed by atoms with E-state index in [9.17, 15) is 0 Å². The number of hydrogen-bond acceptors (Lipinski definition) is 4. The SMILES string of the molecule is CCC1=Cc2c(-c3ccc(Cc4ccc(OC)c(S)c4)cc3)cccc2[CH]1[Zr]([Cl])([Cl])([CH]1C(CC)=Cc2c(-c3ccc(Cc4ccc(OC)c(S)c4)cc3)cccc21)[SiH](C)C. The van der Waals surface area contributed by atoms with E-state index in [1.54, 1.807) is 14.2 Å². The normalized spacial score (nSPS) is 16.5. The fraction of sp³-hybridized carbons (Fsp3) is 0.231. The summed E-state index contributed by atoms with van der Waals surface area (Å²) in [7, 11) is 20.8. The summed E-state index contributed by atoms with van der Waals surface area (Å²) in [6.45, 7) is 9.44. The van der Waals surface area contributed by atoms with Gasteiger partial charge in [0, 0.05) is 0 Å². The van der Waals surface area contributed by atoms with Crippen LogP contribution in [0.3, 0.4) is 0 Å². The molecule has 0 saturated carbocycles. The van der Waals surface area contributed by atoms with Crippen molar-refractivity contribution in [2.24, 2.45) is 0 Å². The Hall–Kier alpha value is -3.22. The second kappa shape index (κ2) is 17.5. The number of hydrogen-bond donors (Lipinski definition) is 2. The van der Waals surface area contributed by atoms with E-state index in [0.717, 1.165) is 47.0 Å². The van der Waals surface area contributed by atoms with Gasteiger partial charge < -0.3 is 9.47 Å². The first kappa shape index (κ1) is 43.4. The molecule has 307 valence electrons. The van der Waals surface area contributed by atoms with Crippen LogP contribution in [0.4, 0.5) is 0 Å². The van der Waals surface area contributed by atoms with Crippen LogP contribution in [0.1, 0.15) is 78.4 Å². The van der Waals surface area contributed by atoms with E-state index in [0.29, 0.717) is 0 Å². The molecule has 0 bridgehead atoms. The average Bonchev–Trinajstić information content (AvgIpc) is 3.85. The minimum absolute atomic E-state index is 0.0516. The Kier molecular flexibility index (Phi) is 12.7. The van der Waals surface area contributed by atoms with Gasteiger partial charge in [-0.25, -0.2) is 0 Å². The zero-order chi connectivity index (χ0) is 42.4. The third kappa shape index (κ3) is 7.77. The van der Waals surface area contributed by atoms with Gasteiger partial charge in [0.15, 0.2) is 0 Å². The fourth-order valence-electron chi connectivity index (χ4n) is 9.95. The van der Waals surface area contributed by atoms with Crippen LogP contribution in [0.2, 0.25) is 13.1 Å². The van der Waals surface area contributed by atoms with Crippen LogP contribution in [-0.4, -0.2) is 20.1 Å². The predicted molar refractivity (Wildman–Crippen MR) is 262 cm³/mol. The first-order chi connectivity index (χ1) is 28.9. The minimum atomic E-state index is -4.91. The Balaban J connectivity index is 1.14. The van der Waals surface area contributed by atoms with E-state index in [4.69, 9.17) is 26.5 Å².